The van der Waals surface area contributed by atoms with Crippen molar-refractivity contribution in [2.45, 2.75) is 96.6 Å². The van der Waals surface area contributed by atoms with Gasteiger partial charge >= 0.3 is 0 Å². The molecule has 6 atom stereocenters. The van der Waals surface area contributed by atoms with Gasteiger partial charge in [0.25, 0.3) is 11.8 Å². The summed E-state index contributed by atoms with van der Waals surface area (Å²) in [7, 11) is -2.49. The number of hydrogen-bond donors (Lipinski definition) is 1. The number of carbonyl (C=O) groups is 2. The third kappa shape index (κ3) is 4.50. The molecule has 0 bridgehead atoms. The van der Waals surface area contributed by atoms with Crippen molar-refractivity contribution in [3.8, 4) is 0 Å². The lowest BCUT2D eigenvalue weighted by molar-refractivity contribution is -0.341. The summed E-state index contributed by atoms with van der Waals surface area (Å²) >= 11 is 0. The molecule has 3 heterocycles. The second-order valence-electron chi connectivity index (χ2n) is 11.4. The van der Waals surface area contributed by atoms with Crippen LogP contribution >= 0.6 is 0 Å². The third-order valence-electron chi connectivity index (χ3n) is 8.75. The van der Waals surface area contributed by atoms with E-state index in [0.29, 0.717) is 17.1 Å². The first-order valence-corrected chi connectivity index (χ1v) is 15.6. The number of rotatable bonds is 6. The maximum absolute atomic E-state index is 13.2. The molecule has 9 heteroatoms. The Hall–Kier alpha value is -1.88. The number of hydrogen-bond acceptors (Lipinski definition) is 7. The van der Waals surface area contributed by atoms with E-state index in [4.69, 9.17) is 18.6 Å². The molecule has 3 aliphatic rings. The minimum Gasteiger partial charge on any atom is -0.391 e. The van der Waals surface area contributed by atoms with Gasteiger partial charge in [-0.05, 0) is 37.9 Å². The lowest BCUT2D eigenvalue weighted by atomic mass is 9.94. The van der Waals surface area contributed by atoms with Gasteiger partial charge in [0.05, 0.1) is 6.61 Å². The first kappa shape index (κ1) is 27.2. The maximum Gasteiger partial charge on any atom is 0.257 e. The SMILES string of the molecule is CC1=C(C)C(=O)N([C@H]2[C@H](O[Si](C)(C)C(C)(C)C(C)C)O[C@@H]3CO[C@@H](c4ccccc4)O[C@H]3[C@@H]2O)C1=O. The molecule has 0 unspecified atom stereocenters. The Bertz CT molecular complexity index is 1010. The van der Waals surface area contributed by atoms with Crippen molar-refractivity contribution >= 4 is 20.1 Å². The standard InChI is InChI=1S/C27H39NO7Si/c1-15(2)27(5,6)36(7,8)35-26-20(28-23(30)16(3)17(4)24(28)31)21(29)22-19(33-26)14-32-25(34-22)18-12-10-9-11-13-18/h9-13,15,19-22,25-26,29H,14H2,1-8H3/t19-,20-,21-,22-,25-,26+/m1/s1. The minimum atomic E-state index is -2.49. The summed E-state index contributed by atoms with van der Waals surface area (Å²) in [5, 5.41) is 11.5. The third-order valence-corrected chi connectivity index (χ3v) is 13.3. The molecule has 0 spiro atoms. The van der Waals surface area contributed by atoms with Crippen LogP contribution in [0.2, 0.25) is 18.1 Å². The number of aliphatic hydroxyl groups is 1. The number of benzene rings is 1. The van der Waals surface area contributed by atoms with Crippen molar-refractivity contribution in [1.82, 2.24) is 4.90 Å². The highest BCUT2D eigenvalue weighted by Gasteiger charge is 2.57. The molecule has 1 aromatic carbocycles. The fraction of sp³-hybridized carbons (Fsp3) is 0.630. The lowest BCUT2D eigenvalue weighted by Gasteiger charge is -2.52. The Balaban J connectivity index is 1.68. The summed E-state index contributed by atoms with van der Waals surface area (Å²) in [6.45, 7) is 16.3. The molecule has 0 aromatic heterocycles. The van der Waals surface area contributed by atoms with Crippen LogP contribution in [0, 0.1) is 5.92 Å². The van der Waals surface area contributed by atoms with Gasteiger partial charge in [0, 0.05) is 16.7 Å². The molecular formula is C27H39NO7Si. The second kappa shape index (κ2) is 9.77. The zero-order valence-corrected chi connectivity index (χ0v) is 23.5. The van der Waals surface area contributed by atoms with E-state index in [1.165, 1.54) is 0 Å². The number of aliphatic hydroxyl groups excluding tert-OH is 1. The van der Waals surface area contributed by atoms with Crippen LogP contribution in [0.15, 0.2) is 41.5 Å². The summed E-state index contributed by atoms with van der Waals surface area (Å²) < 4.78 is 25.2. The first-order chi connectivity index (χ1) is 16.8. The van der Waals surface area contributed by atoms with Gasteiger partial charge in [0.2, 0.25) is 0 Å². The van der Waals surface area contributed by atoms with E-state index in [1.54, 1.807) is 13.8 Å². The van der Waals surface area contributed by atoms with Gasteiger partial charge in [0.1, 0.15) is 24.4 Å². The van der Waals surface area contributed by atoms with Crippen LogP contribution in [0.25, 0.3) is 0 Å². The molecule has 36 heavy (non-hydrogen) atoms. The van der Waals surface area contributed by atoms with E-state index in [9.17, 15) is 14.7 Å². The van der Waals surface area contributed by atoms with Gasteiger partial charge in [-0.2, -0.15) is 0 Å². The molecule has 4 rings (SSSR count). The number of fused-ring (bicyclic) bond motifs is 1. The van der Waals surface area contributed by atoms with Crippen molar-refractivity contribution in [2.24, 2.45) is 5.92 Å². The van der Waals surface area contributed by atoms with E-state index in [2.05, 4.69) is 40.8 Å². The average Bonchev–Trinajstić information content (AvgIpc) is 3.02. The van der Waals surface area contributed by atoms with Gasteiger partial charge in [0.15, 0.2) is 20.9 Å². The van der Waals surface area contributed by atoms with E-state index < -0.39 is 57.1 Å². The molecule has 0 saturated carbocycles. The Kier molecular flexibility index (Phi) is 7.37. The predicted octanol–water partition coefficient (Wildman–Crippen LogP) is 3.92. The summed E-state index contributed by atoms with van der Waals surface area (Å²) in [6.07, 6.45) is -4.34. The van der Waals surface area contributed by atoms with Crippen molar-refractivity contribution in [1.29, 1.82) is 0 Å². The van der Waals surface area contributed by atoms with Crippen LogP contribution in [0.3, 0.4) is 0 Å². The fourth-order valence-corrected chi connectivity index (χ4v) is 7.38. The van der Waals surface area contributed by atoms with E-state index >= 15 is 0 Å². The molecule has 0 aliphatic carbocycles. The molecule has 1 N–H and O–H groups in total. The van der Waals surface area contributed by atoms with E-state index in [-0.39, 0.29) is 11.6 Å². The predicted molar refractivity (Wildman–Crippen MR) is 136 cm³/mol. The zero-order chi connectivity index (χ0) is 26.6. The largest absolute Gasteiger partial charge is 0.391 e. The normalized spacial score (nSPS) is 31.9. The Labute approximate surface area is 214 Å². The Morgan fingerprint density at radius 1 is 1.06 bits per heavy atom. The topological polar surface area (TPSA) is 94.5 Å². The van der Waals surface area contributed by atoms with Crippen molar-refractivity contribution in [3.63, 3.8) is 0 Å². The van der Waals surface area contributed by atoms with E-state index in [1.807, 2.05) is 30.3 Å². The summed E-state index contributed by atoms with van der Waals surface area (Å²) in [4.78, 5) is 27.5. The number of ether oxygens (including phenoxy) is 3. The smallest absolute Gasteiger partial charge is 0.257 e. The Morgan fingerprint density at radius 2 is 1.64 bits per heavy atom. The van der Waals surface area contributed by atoms with Gasteiger partial charge in [-0.1, -0.05) is 58.0 Å². The number of amides is 2. The molecule has 1 aromatic rings. The molecule has 198 valence electrons. The van der Waals surface area contributed by atoms with Crippen molar-refractivity contribution in [2.75, 3.05) is 6.61 Å². The second-order valence-corrected chi connectivity index (χ2v) is 16.0. The molecule has 8 nitrogen and oxygen atoms in total. The molecule has 3 aliphatic heterocycles. The van der Waals surface area contributed by atoms with Crippen molar-refractivity contribution in [3.05, 3.63) is 47.0 Å². The fourth-order valence-electron chi connectivity index (χ4n) is 4.91. The monoisotopic (exact) mass is 517 g/mol. The van der Waals surface area contributed by atoms with Crippen LogP contribution in [0.1, 0.15) is 53.4 Å². The summed E-state index contributed by atoms with van der Waals surface area (Å²) in [6, 6.07) is 8.39. The summed E-state index contributed by atoms with van der Waals surface area (Å²) in [5.74, 6) is -0.550. The average molecular weight is 518 g/mol. The zero-order valence-electron chi connectivity index (χ0n) is 22.5. The highest BCUT2D eigenvalue weighted by Crippen LogP contribution is 2.47. The molecule has 2 fully saturated rings. The molecular weight excluding hydrogens is 478 g/mol. The first-order valence-electron chi connectivity index (χ1n) is 12.7. The molecule has 0 radical (unpaired) electrons. The highest BCUT2D eigenvalue weighted by molar-refractivity contribution is 6.74. The van der Waals surface area contributed by atoms with Crippen LogP contribution in [-0.2, 0) is 28.2 Å². The van der Waals surface area contributed by atoms with Gasteiger partial charge < -0.3 is 23.7 Å². The number of carbonyl (C=O) groups excluding carboxylic acids is 2. The highest BCUT2D eigenvalue weighted by atomic mass is 28.4. The molecule has 2 saturated heterocycles. The van der Waals surface area contributed by atoms with Gasteiger partial charge in [-0.25, -0.2) is 0 Å². The van der Waals surface area contributed by atoms with Crippen molar-refractivity contribution < 1.29 is 33.3 Å². The number of imide groups is 1. The van der Waals surface area contributed by atoms with Crippen LogP contribution in [-0.4, -0.2) is 67.4 Å². The quantitative estimate of drug-likeness (QED) is 0.451. The van der Waals surface area contributed by atoms with E-state index in [0.717, 1.165) is 10.5 Å². The molecule has 2 amide bonds. The Morgan fingerprint density at radius 3 is 2.19 bits per heavy atom. The van der Waals surface area contributed by atoms with Gasteiger partial charge in [-0.15, -0.1) is 0 Å². The number of nitrogens with zero attached hydrogens (tertiary/aromatic N) is 1. The lowest BCUT2D eigenvalue weighted by Crippen LogP contribution is -2.69. The van der Waals surface area contributed by atoms with Crippen LogP contribution in [0.4, 0.5) is 0 Å². The minimum absolute atomic E-state index is 0.149. The summed E-state index contributed by atoms with van der Waals surface area (Å²) in [5.41, 5.74) is 1.54. The van der Waals surface area contributed by atoms with Crippen LogP contribution in [0.5, 0.6) is 0 Å². The maximum atomic E-state index is 13.2. The van der Waals surface area contributed by atoms with Gasteiger partial charge in [-0.3, -0.25) is 14.5 Å². The van der Waals surface area contributed by atoms with Crippen LogP contribution < -0.4 is 0 Å².